The molecule has 2 rings (SSSR count). The van der Waals surface area contributed by atoms with E-state index in [-0.39, 0.29) is 5.56 Å². The molecule has 21 heavy (non-hydrogen) atoms. The first-order chi connectivity index (χ1) is 10.1. The van der Waals surface area contributed by atoms with Crippen LogP contribution in [-0.2, 0) is 0 Å². The lowest BCUT2D eigenvalue weighted by molar-refractivity contribution is 0.0697. The van der Waals surface area contributed by atoms with Crippen LogP contribution >= 0.6 is 0 Å². The number of methoxy groups -OCH3 is 3. The Hall–Kier alpha value is -2.69. The Bertz CT molecular complexity index is 641. The van der Waals surface area contributed by atoms with Crippen molar-refractivity contribution in [3.8, 4) is 28.4 Å². The largest absolute Gasteiger partial charge is 0.497 e. The Balaban J connectivity index is 2.75. The molecule has 0 aliphatic carbocycles. The van der Waals surface area contributed by atoms with Crippen molar-refractivity contribution in [2.45, 2.75) is 0 Å². The van der Waals surface area contributed by atoms with E-state index < -0.39 is 5.97 Å². The summed E-state index contributed by atoms with van der Waals surface area (Å²) in [5, 5.41) is 9.44. The Labute approximate surface area is 122 Å². The second kappa shape index (κ2) is 6.17. The molecule has 0 fully saturated rings. The molecule has 1 N–H and O–H groups in total. The summed E-state index contributed by atoms with van der Waals surface area (Å²) < 4.78 is 15.7. The molecule has 110 valence electrons. The number of hydrogen-bond acceptors (Lipinski definition) is 4. The van der Waals surface area contributed by atoms with Gasteiger partial charge in [-0.2, -0.15) is 0 Å². The smallest absolute Gasteiger partial charge is 0.336 e. The summed E-state index contributed by atoms with van der Waals surface area (Å²) in [5.74, 6) is 0.519. The summed E-state index contributed by atoms with van der Waals surface area (Å²) in [6, 6.07) is 10.2. The first-order valence-corrected chi connectivity index (χ1v) is 6.25. The van der Waals surface area contributed by atoms with Crippen LogP contribution in [0.3, 0.4) is 0 Å². The third-order valence-corrected chi connectivity index (χ3v) is 3.15. The van der Waals surface area contributed by atoms with Crippen LogP contribution in [0.5, 0.6) is 17.2 Å². The van der Waals surface area contributed by atoms with E-state index in [4.69, 9.17) is 14.2 Å². The summed E-state index contributed by atoms with van der Waals surface area (Å²) >= 11 is 0. The van der Waals surface area contributed by atoms with E-state index in [1.54, 1.807) is 30.3 Å². The van der Waals surface area contributed by atoms with Gasteiger partial charge in [-0.25, -0.2) is 4.79 Å². The van der Waals surface area contributed by atoms with Gasteiger partial charge in [0.1, 0.15) is 17.2 Å². The van der Waals surface area contributed by atoms with Crippen molar-refractivity contribution in [3.63, 3.8) is 0 Å². The number of aromatic carboxylic acids is 1. The molecule has 0 aromatic heterocycles. The number of carboxylic acids is 1. The lowest BCUT2D eigenvalue weighted by Crippen LogP contribution is -2.02. The molecule has 2 aromatic rings. The average molecular weight is 288 g/mol. The fourth-order valence-corrected chi connectivity index (χ4v) is 2.16. The summed E-state index contributed by atoms with van der Waals surface area (Å²) in [6.45, 7) is 0. The van der Waals surface area contributed by atoms with Crippen molar-refractivity contribution in [2.75, 3.05) is 21.3 Å². The maximum absolute atomic E-state index is 11.5. The number of ether oxygens (including phenoxy) is 3. The fourth-order valence-electron chi connectivity index (χ4n) is 2.16. The molecular formula is C16H16O5. The van der Waals surface area contributed by atoms with Crippen LogP contribution in [-0.4, -0.2) is 32.4 Å². The van der Waals surface area contributed by atoms with Gasteiger partial charge in [-0.1, -0.05) is 6.07 Å². The van der Waals surface area contributed by atoms with Gasteiger partial charge in [0.25, 0.3) is 0 Å². The van der Waals surface area contributed by atoms with Crippen LogP contribution in [0.25, 0.3) is 11.1 Å². The number of hydrogen-bond donors (Lipinski definition) is 1. The SMILES string of the molecule is COc1ccc(-c2c(OC)cccc2OC)c(C(=O)O)c1. The number of rotatable bonds is 5. The topological polar surface area (TPSA) is 65.0 Å². The summed E-state index contributed by atoms with van der Waals surface area (Å²) in [5.41, 5.74) is 1.23. The minimum atomic E-state index is -1.04. The maximum atomic E-state index is 11.5. The van der Waals surface area contributed by atoms with E-state index in [1.165, 1.54) is 27.4 Å². The normalized spacial score (nSPS) is 10.0. The van der Waals surface area contributed by atoms with E-state index in [2.05, 4.69) is 0 Å². The Morgan fingerprint density at radius 1 is 0.952 bits per heavy atom. The maximum Gasteiger partial charge on any atom is 0.336 e. The van der Waals surface area contributed by atoms with Crippen molar-refractivity contribution in [1.82, 2.24) is 0 Å². The highest BCUT2D eigenvalue weighted by Crippen LogP contribution is 2.40. The predicted molar refractivity (Wildman–Crippen MR) is 78.5 cm³/mol. The molecule has 0 spiro atoms. The highest BCUT2D eigenvalue weighted by atomic mass is 16.5. The fraction of sp³-hybridized carbons (Fsp3) is 0.188. The molecule has 5 heteroatoms. The Morgan fingerprint density at radius 2 is 1.57 bits per heavy atom. The van der Waals surface area contributed by atoms with Crippen molar-refractivity contribution < 1.29 is 24.1 Å². The van der Waals surface area contributed by atoms with E-state index in [0.717, 1.165) is 0 Å². The highest BCUT2D eigenvalue weighted by Gasteiger charge is 2.19. The van der Waals surface area contributed by atoms with Gasteiger partial charge in [0.15, 0.2) is 0 Å². The van der Waals surface area contributed by atoms with Crippen LogP contribution in [0.4, 0.5) is 0 Å². The Morgan fingerprint density at radius 3 is 2.05 bits per heavy atom. The second-order valence-corrected chi connectivity index (χ2v) is 4.25. The zero-order valence-electron chi connectivity index (χ0n) is 12.0. The van der Waals surface area contributed by atoms with Crippen LogP contribution < -0.4 is 14.2 Å². The van der Waals surface area contributed by atoms with Crippen LogP contribution in [0.15, 0.2) is 36.4 Å². The van der Waals surface area contributed by atoms with Crippen molar-refractivity contribution in [3.05, 3.63) is 42.0 Å². The number of benzene rings is 2. The zero-order valence-corrected chi connectivity index (χ0v) is 12.0. The molecule has 0 saturated heterocycles. The third-order valence-electron chi connectivity index (χ3n) is 3.15. The van der Waals surface area contributed by atoms with Gasteiger partial charge in [-0.15, -0.1) is 0 Å². The second-order valence-electron chi connectivity index (χ2n) is 4.25. The minimum absolute atomic E-state index is 0.122. The van der Waals surface area contributed by atoms with Crippen molar-refractivity contribution in [1.29, 1.82) is 0 Å². The molecule has 0 aliphatic heterocycles. The molecule has 0 bridgehead atoms. The monoisotopic (exact) mass is 288 g/mol. The third kappa shape index (κ3) is 2.76. The van der Waals surface area contributed by atoms with Crippen LogP contribution in [0.1, 0.15) is 10.4 Å². The molecule has 0 radical (unpaired) electrons. The summed E-state index contributed by atoms with van der Waals surface area (Å²) in [7, 11) is 4.55. The van der Waals surface area contributed by atoms with E-state index in [1.807, 2.05) is 0 Å². The van der Waals surface area contributed by atoms with Crippen molar-refractivity contribution in [2.24, 2.45) is 0 Å². The summed E-state index contributed by atoms with van der Waals surface area (Å²) in [4.78, 5) is 11.5. The van der Waals surface area contributed by atoms with Gasteiger partial charge >= 0.3 is 5.97 Å². The average Bonchev–Trinajstić information content (AvgIpc) is 2.53. The molecule has 0 amide bonds. The van der Waals surface area contributed by atoms with Gasteiger partial charge in [-0.05, 0) is 30.3 Å². The minimum Gasteiger partial charge on any atom is -0.497 e. The first kappa shape index (κ1) is 14.7. The molecule has 2 aromatic carbocycles. The predicted octanol–water partition coefficient (Wildman–Crippen LogP) is 3.08. The van der Waals surface area contributed by atoms with Gasteiger partial charge in [0, 0.05) is 5.56 Å². The lowest BCUT2D eigenvalue weighted by atomic mass is 9.97. The molecule has 0 saturated carbocycles. The van der Waals surface area contributed by atoms with E-state index in [9.17, 15) is 9.90 Å². The number of carbonyl (C=O) groups is 1. The molecule has 0 aliphatic rings. The molecule has 0 unspecified atom stereocenters. The van der Waals surface area contributed by atoms with E-state index >= 15 is 0 Å². The molecule has 0 atom stereocenters. The Kier molecular flexibility index (Phi) is 4.33. The lowest BCUT2D eigenvalue weighted by Gasteiger charge is -2.15. The first-order valence-electron chi connectivity index (χ1n) is 6.25. The quantitative estimate of drug-likeness (QED) is 0.916. The van der Waals surface area contributed by atoms with Crippen LogP contribution in [0, 0.1) is 0 Å². The molecule has 0 heterocycles. The van der Waals surface area contributed by atoms with Crippen molar-refractivity contribution >= 4 is 5.97 Å². The van der Waals surface area contributed by atoms with Gasteiger partial charge < -0.3 is 19.3 Å². The van der Waals surface area contributed by atoms with Gasteiger partial charge in [-0.3, -0.25) is 0 Å². The van der Waals surface area contributed by atoms with Gasteiger partial charge in [0.05, 0.1) is 32.5 Å². The van der Waals surface area contributed by atoms with E-state index in [0.29, 0.717) is 28.4 Å². The summed E-state index contributed by atoms with van der Waals surface area (Å²) in [6.07, 6.45) is 0. The molecular weight excluding hydrogens is 272 g/mol. The standard InChI is InChI=1S/C16H16O5/c1-19-10-7-8-11(12(9-10)16(17)18)15-13(20-2)5-4-6-14(15)21-3/h4-9H,1-3H3,(H,17,18). The highest BCUT2D eigenvalue weighted by molar-refractivity contribution is 5.98. The molecule has 5 nitrogen and oxygen atoms in total. The van der Waals surface area contributed by atoms with Crippen LogP contribution in [0.2, 0.25) is 0 Å². The zero-order chi connectivity index (χ0) is 15.4. The van der Waals surface area contributed by atoms with Gasteiger partial charge in [0.2, 0.25) is 0 Å². The number of carboxylic acid groups (broad SMARTS) is 1.